The predicted molar refractivity (Wildman–Crippen MR) is 162 cm³/mol. The monoisotopic (exact) mass is 494 g/mol. The van der Waals surface area contributed by atoms with Crippen molar-refractivity contribution in [2.75, 3.05) is 10.6 Å². The summed E-state index contributed by atoms with van der Waals surface area (Å²) in [6.07, 6.45) is 7.03. The van der Waals surface area contributed by atoms with Crippen LogP contribution in [-0.2, 0) is 6.42 Å². The van der Waals surface area contributed by atoms with E-state index in [9.17, 15) is 0 Å². The van der Waals surface area contributed by atoms with Gasteiger partial charge in [-0.2, -0.15) is 0 Å². The lowest BCUT2D eigenvalue weighted by Gasteiger charge is -2.22. The van der Waals surface area contributed by atoms with E-state index in [2.05, 4.69) is 90.7 Å². The first-order valence-electron chi connectivity index (χ1n) is 12.8. The van der Waals surface area contributed by atoms with Gasteiger partial charge in [0.1, 0.15) is 11.6 Å². The van der Waals surface area contributed by atoms with Crippen molar-refractivity contribution in [1.82, 2.24) is 4.57 Å². The number of aromatic nitrogens is 1. The normalized spacial score (nSPS) is 14.9. The molecule has 0 atom stereocenters. The SMILES string of the molecule is C/C(=C\C=C(/N)n1c(N)c(/C=C2\Cc3ccccc3N2c2ccccc2)c2ccccc21)c1ccccc1. The number of anilines is 3. The van der Waals surface area contributed by atoms with Crippen LogP contribution in [0.25, 0.3) is 28.4 Å². The molecule has 6 rings (SSSR count). The molecule has 0 unspecified atom stereocenters. The number of hydrogen-bond donors (Lipinski definition) is 2. The summed E-state index contributed by atoms with van der Waals surface area (Å²) in [6, 6.07) is 37.6. The summed E-state index contributed by atoms with van der Waals surface area (Å²) in [5, 5.41) is 1.07. The Labute approximate surface area is 223 Å². The van der Waals surface area contributed by atoms with Crippen molar-refractivity contribution in [2.45, 2.75) is 13.3 Å². The maximum absolute atomic E-state index is 6.86. The van der Waals surface area contributed by atoms with Crippen molar-refractivity contribution < 1.29 is 0 Å². The Morgan fingerprint density at radius 2 is 1.42 bits per heavy atom. The molecule has 1 aliphatic heterocycles. The number of nitrogens with zero attached hydrogens (tertiary/aromatic N) is 2. The molecular formula is C34H30N4. The van der Waals surface area contributed by atoms with Crippen molar-refractivity contribution in [1.29, 1.82) is 0 Å². The number of para-hydroxylation sites is 3. The maximum atomic E-state index is 6.86. The van der Waals surface area contributed by atoms with Crippen LogP contribution < -0.4 is 16.4 Å². The number of rotatable bonds is 5. The van der Waals surface area contributed by atoms with E-state index < -0.39 is 0 Å². The van der Waals surface area contributed by atoms with Crippen molar-refractivity contribution in [3.05, 3.63) is 144 Å². The second kappa shape index (κ2) is 9.83. The standard InChI is InChI=1S/C34H30N4/c1-24(25-12-4-2-5-13-25)20-21-33(35)38-32-19-11-9-17-29(32)30(34(38)36)23-28-22-26-14-8-10-18-31(26)37(28)27-15-6-3-7-16-27/h2-21,23H,22,35-36H2,1H3/b24-20+,28-23+,33-21+. The zero-order valence-electron chi connectivity index (χ0n) is 21.4. The van der Waals surface area contributed by atoms with E-state index >= 15 is 0 Å². The van der Waals surface area contributed by atoms with Crippen LogP contribution in [-0.4, -0.2) is 4.57 Å². The van der Waals surface area contributed by atoms with Crippen LogP contribution >= 0.6 is 0 Å². The molecule has 4 nitrogen and oxygen atoms in total. The summed E-state index contributed by atoms with van der Waals surface area (Å²) in [7, 11) is 0. The molecule has 1 aliphatic rings. The van der Waals surface area contributed by atoms with Crippen LogP contribution in [0.3, 0.4) is 0 Å². The van der Waals surface area contributed by atoms with Crippen LogP contribution in [0, 0.1) is 0 Å². The average molecular weight is 495 g/mol. The highest BCUT2D eigenvalue weighted by molar-refractivity contribution is 5.99. The molecule has 0 bridgehead atoms. The molecule has 0 radical (unpaired) electrons. The fraction of sp³-hybridized carbons (Fsp3) is 0.0588. The molecule has 4 N–H and O–H groups in total. The summed E-state index contributed by atoms with van der Waals surface area (Å²) in [4.78, 5) is 2.33. The van der Waals surface area contributed by atoms with Gasteiger partial charge in [-0.1, -0.05) is 91.0 Å². The van der Waals surface area contributed by atoms with Gasteiger partial charge < -0.3 is 16.4 Å². The molecule has 0 aliphatic carbocycles. The molecule has 0 fully saturated rings. The van der Waals surface area contributed by atoms with Crippen molar-refractivity contribution in [2.24, 2.45) is 5.73 Å². The van der Waals surface area contributed by atoms with Gasteiger partial charge in [-0.3, -0.25) is 4.57 Å². The molecule has 0 amide bonds. The second-order valence-corrected chi connectivity index (χ2v) is 9.57. The number of nitrogen functional groups attached to an aromatic ring is 1. The molecule has 38 heavy (non-hydrogen) atoms. The van der Waals surface area contributed by atoms with Gasteiger partial charge in [0.2, 0.25) is 0 Å². The minimum Gasteiger partial charge on any atom is -0.385 e. The minimum atomic E-state index is 0.577. The molecular weight excluding hydrogens is 464 g/mol. The summed E-state index contributed by atoms with van der Waals surface area (Å²) in [5.74, 6) is 1.20. The highest BCUT2D eigenvalue weighted by atomic mass is 15.2. The Kier molecular flexibility index (Phi) is 6.06. The lowest BCUT2D eigenvalue weighted by atomic mass is 10.1. The Hall–Kier alpha value is -4.96. The Bertz CT molecular complexity index is 1710. The van der Waals surface area contributed by atoms with Crippen LogP contribution in [0.1, 0.15) is 23.6 Å². The predicted octanol–water partition coefficient (Wildman–Crippen LogP) is 7.82. The van der Waals surface area contributed by atoms with E-state index in [4.69, 9.17) is 11.5 Å². The van der Waals surface area contributed by atoms with Gasteiger partial charge in [-0.05, 0) is 60.0 Å². The molecule has 186 valence electrons. The number of benzene rings is 4. The van der Waals surface area contributed by atoms with Crippen LogP contribution in [0.5, 0.6) is 0 Å². The number of fused-ring (bicyclic) bond motifs is 2. The van der Waals surface area contributed by atoms with E-state index in [-0.39, 0.29) is 0 Å². The molecule has 4 aromatic carbocycles. The summed E-state index contributed by atoms with van der Waals surface area (Å²) in [5.41, 5.74) is 22.6. The maximum Gasteiger partial charge on any atom is 0.117 e. The van der Waals surface area contributed by atoms with Crippen LogP contribution in [0.4, 0.5) is 17.2 Å². The smallest absolute Gasteiger partial charge is 0.117 e. The highest BCUT2D eigenvalue weighted by Gasteiger charge is 2.26. The Morgan fingerprint density at radius 1 is 0.763 bits per heavy atom. The first kappa shape index (κ1) is 23.4. The third kappa shape index (κ3) is 4.16. The van der Waals surface area contributed by atoms with Gasteiger partial charge in [0.05, 0.1) is 5.52 Å². The average Bonchev–Trinajstić information content (AvgIpc) is 3.47. The lowest BCUT2D eigenvalue weighted by molar-refractivity contribution is 1.13. The zero-order valence-corrected chi connectivity index (χ0v) is 21.4. The Balaban J connectivity index is 1.47. The van der Waals surface area contributed by atoms with Gasteiger partial charge in [0.25, 0.3) is 0 Å². The van der Waals surface area contributed by atoms with E-state index in [1.165, 1.54) is 16.9 Å². The van der Waals surface area contributed by atoms with E-state index in [1.807, 2.05) is 53.1 Å². The minimum absolute atomic E-state index is 0.577. The summed E-state index contributed by atoms with van der Waals surface area (Å²) < 4.78 is 1.95. The quantitative estimate of drug-likeness (QED) is 0.245. The first-order chi connectivity index (χ1) is 18.6. The van der Waals surface area contributed by atoms with E-state index in [1.54, 1.807) is 0 Å². The molecule has 2 heterocycles. The fourth-order valence-electron chi connectivity index (χ4n) is 5.27. The van der Waals surface area contributed by atoms with Gasteiger partial charge in [-0.25, -0.2) is 0 Å². The lowest BCUT2D eigenvalue weighted by Crippen LogP contribution is -2.12. The molecule has 0 saturated carbocycles. The highest BCUT2D eigenvalue weighted by Crippen LogP contribution is 2.42. The van der Waals surface area contributed by atoms with Crippen LogP contribution in [0.15, 0.2) is 127 Å². The number of hydrogen-bond acceptors (Lipinski definition) is 3. The molecule has 0 spiro atoms. The van der Waals surface area contributed by atoms with E-state index in [0.29, 0.717) is 11.6 Å². The largest absolute Gasteiger partial charge is 0.385 e. The topological polar surface area (TPSA) is 60.2 Å². The van der Waals surface area contributed by atoms with Gasteiger partial charge >= 0.3 is 0 Å². The third-order valence-electron chi connectivity index (χ3n) is 7.16. The number of allylic oxidation sites excluding steroid dienone is 4. The van der Waals surface area contributed by atoms with Gasteiger partial charge in [0.15, 0.2) is 0 Å². The molecule has 0 saturated heterocycles. The zero-order chi connectivity index (χ0) is 26.1. The van der Waals surface area contributed by atoms with Gasteiger partial charge in [0, 0.05) is 34.4 Å². The second-order valence-electron chi connectivity index (χ2n) is 9.57. The molecule has 1 aromatic heterocycles. The van der Waals surface area contributed by atoms with E-state index in [0.717, 1.165) is 39.7 Å². The third-order valence-corrected chi connectivity index (χ3v) is 7.16. The first-order valence-corrected chi connectivity index (χ1v) is 12.8. The molecule has 5 aromatic rings. The summed E-state index contributed by atoms with van der Waals surface area (Å²) in [6.45, 7) is 2.09. The molecule has 4 heteroatoms. The van der Waals surface area contributed by atoms with Crippen LogP contribution in [0.2, 0.25) is 0 Å². The Morgan fingerprint density at radius 3 is 2.21 bits per heavy atom. The van der Waals surface area contributed by atoms with Crippen molar-refractivity contribution in [3.8, 4) is 0 Å². The number of nitrogens with two attached hydrogens (primary N) is 2. The summed E-state index contributed by atoms with van der Waals surface area (Å²) >= 11 is 0. The van der Waals surface area contributed by atoms with Gasteiger partial charge in [-0.15, -0.1) is 0 Å². The van der Waals surface area contributed by atoms with Crippen molar-refractivity contribution >= 4 is 45.6 Å². The van der Waals surface area contributed by atoms with Crippen molar-refractivity contribution in [3.63, 3.8) is 0 Å². The fourth-order valence-corrected chi connectivity index (χ4v) is 5.27.